The van der Waals surface area contributed by atoms with E-state index in [1.807, 2.05) is 71.9 Å². The van der Waals surface area contributed by atoms with Crippen molar-refractivity contribution >= 4 is 70.5 Å². The number of carboxylic acid groups (broad SMARTS) is 2. The second-order valence-corrected chi connectivity index (χ2v) is 23.3. The molecule has 1 aromatic rings. The van der Waals surface area contributed by atoms with E-state index in [1.165, 1.54) is 26.0 Å². The molecule has 1 saturated heterocycles. The highest BCUT2D eigenvalue weighted by Gasteiger charge is 2.44. The van der Waals surface area contributed by atoms with Crippen LogP contribution in [0, 0.1) is 35.5 Å². The van der Waals surface area contributed by atoms with Crippen LogP contribution in [0.15, 0.2) is 30.3 Å². The van der Waals surface area contributed by atoms with Crippen molar-refractivity contribution in [3.8, 4) is 0 Å². The number of carbonyl (C=O) groups is 10. The lowest BCUT2D eigenvalue weighted by Crippen LogP contribution is -2.54. The number of nitrogens with one attached hydrogen (secondary N) is 2. The Morgan fingerprint density at radius 3 is 2.06 bits per heavy atom. The predicted molar refractivity (Wildman–Crippen MR) is 304 cm³/mol. The number of methoxy groups -OCH3 is 2. The quantitative estimate of drug-likeness (QED) is 0.0525. The number of thioether (sulfide) groups is 1. The Balaban J connectivity index is 2.08. The number of ether oxygens (including phenoxy) is 2. The Kier molecular flexibility index (Phi) is 30.8. The Morgan fingerprint density at radius 2 is 1.51 bits per heavy atom. The van der Waals surface area contributed by atoms with Crippen molar-refractivity contribution in [1.29, 1.82) is 0 Å². The third kappa shape index (κ3) is 22.4. The number of likely N-dealkylation sites (N-methyl/N-ethyl adjacent to an activating group) is 2. The Morgan fingerprint density at radius 1 is 0.835 bits per heavy atom. The number of hydrogen-bond donors (Lipinski definition) is 4. The number of carboxylic acids is 2. The summed E-state index contributed by atoms with van der Waals surface area (Å²) in [6.45, 7) is 15.0. The molecule has 2 rings (SSSR count). The Bertz CT molecular complexity index is 2190. The molecule has 1 aromatic carbocycles. The van der Waals surface area contributed by atoms with Crippen molar-refractivity contribution in [2.75, 3.05) is 53.7 Å². The highest BCUT2D eigenvalue weighted by molar-refractivity contribution is 8.00. The number of hydrogen-bond acceptors (Lipinski definition) is 14. The summed E-state index contributed by atoms with van der Waals surface area (Å²) in [5.74, 6) is -7.59. The molecule has 1 fully saturated rings. The fourth-order valence-corrected chi connectivity index (χ4v) is 11.8. The van der Waals surface area contributed by atoms with E-state index in [-0.39, 0.29) is 129 Å². The van der Waals surface area contributed by atoms with Gasteiger partial charge in [-0.05, 0) is 62.3 Å². The van der Waals surface area contributed by atoms with Crippen molar-refractivity contribution in [3.05, 3.63) is 35.9 Å². The number of ketones is 4. The van der Waals surface area contributed by atoms with Gasteiger partial charge in [0.25, 0.3) is 0 Å². The maximum atomic E-state index is 14.7. The van der Waals surface area contributed by atoms with Gasteiger partial charge in [-0.15, -0.1) is 11.8 Å². The van der Waals surface area contributed by atoms with Crippen molar-refractivity contribution in [2.45, 2.75) is 187 Å². The minimum absolute atomic E-state index is 0.0379. The number of likely N-dealkylation sites (tertiary alicyclic amines) is 1. The third-order valence-corrected chi connectivity index (χ3v) is 16.9. The molecule has 79 heavy (non-hydrogen) atoms. The van der Waals surface area contributed by atoms with E-state index < -0.39 is 77.2 Å². The lowest BCUT2D eigenvalue weighted by Gasteiger charge is -2.41. The zero-order valence-corrected chi connectivity index (χ0v) is 50.0. The number of aliphatic carboxylic acids is 2. The topological polar surface area (TPSA) is 263 Å². The fourth-order valence-electron chi connectivity index (χ4n) is 10.6. The van der Waals surface area contributed by atoms with Gasteiger partial charge in [0.2, 0.25) is 23.6 Å². The van der Waals surface area contributed by atoms with Crippen LogP contribution in [0.5, 0.6) is 0 Å². The Hall–Kier alpha value is -5.05. The normalized spacial score (nSPS) is 17.5. The lowest BCUT2D eigenvalue weighted by atomic mass is 9.83. The fraction of sp³-hybridized carbons (Fsp3) is 0.729. The van der Waals surface area contributed by atoms with Gasteiger partial charge in [-0.3, -0.25) is 53.3 Å². The van der Waals surface area contributed by atoms with Crippen LogP contribution in [-0.2, 0) is 63.8 Å². The molecule has 11 atom stereocenters. The molecule has 20 heteroatoms. The van der Waals surface area contributed by atoms with Crippen molar-refractivity contribution in [1.82, 2.24) is 25.3 Å². The van der Waals surface area contributed by atoms with Crippen LogP contribution >= 0.6 is 11.8 Å². The van der Waals surface area contributed by atoms with Gasteiger partial charge in [0.05, 0.1) is 55.3 Å². The number of rotatable bonds is 40. The number of Topliss-reactive ketones (excluding diaryl/α,β-unsaturated/α-hetero) is 4. The van der Waals surface area contributed by atoms with Crippen molar-refractivity contribution in [2.24, 2.45) is 35.5 Å². The molecular weight excluding hydrogens is 1030 g/mol. The van der Waals surface area contributed by atoms with Crippen LogP contribution in [0.1, 0.15) is 146 Å². The molecule has 0 radical (unpaired) electrons. The van der Waals surface area contributed by atoms with E-state index in [2.05, 4.69) is 10.6 Å². The molecule has 4 amide bonds. The first-order valence-electron chi connectivity index (χ1n) is 28.8. The molecule has 0 bridgehead atoms. The highest BCUT2D eigenvalue weighted by Crippen LogP contribution is 2.32. The summed E-state index contributed by atoms with van der Waals surface area (Å²) in [4.78, 5) is 137. The zero-order chi connectivity index (χ0) is 60.4. The first kappa shape index (κ1) is 68.2. The van der Waals surface area contributed by atoms with Crippen molar-refractivity contribution in [3.63, 3.8) is 0 Å². The van der Waals surface area contributed by atoms with E-state index in [0.717, 1.165) is 17.3 Å². The van der Waals surface area contributed by atoms with Crippen LogP contribution in [0.2, 0.25) is 0 Å². The Labute approximate surface area is 475 Å². The molecule has 0 spiro atoms. The number of amides is 4. The second kappa shape index (κ2) is 35.6. The van der Waals surface area contributed by atoms with Crippen molar-refractivity contribution < 1.29 is 69.0 Å². The average Bonchev–Trinajstić information content (AvgIpc) is 3.89. The van der Waals surface area contributed by atoms with Gasteiger partial charge in [0.15, 0.2) is 5.78 Å². The molecule has 1 aliphatic rings. The smallest absolute Gasteiger partial charge is 0.317 e. The molecule has 19 nitrogen and oxygen atoms in total. The number of unbranched alkanes of at least 4 members (excludes halogenated alkanes) is 2. The van der Waals surface area contributed by atoms with Gasteiger partial charge in [-0.25, -0.2) is 0 Å². The molecular formula is C59H95N5O14S. The summed E-state index contributed by atoms with van der Waals surface area (Å²) in [7, 11) is 6.28. The van der Waals surface area contributed by atoms with Gasteiger partial charge in [-0.1, -0.05) is 98.5 Å². The van der Waals surface area contributed by atoms with Gasteiger partial charge >= 0.3 is 11.9 Å². The first-order chi connectivity index (χ1) is 37.8. The minimum atomic E-state index is -1.21. The minimum Gasteiger partial charge on any atom is -0.481 e. The molecule has 446 valence electrons. The standard InChI is InChI=1S/C59H95N5O14S/c1-14-38(7)55(49(77-12)32-53(71)64-28-22-25-46(64)56(78-13)39(8)47(67)30-42(58(73)74)29-41-23-18-16-19-24-41)63(11)57(72)44(36(3)4)31-48(68)54(37(5)6)62(10)52(70)26-20-17-21-27-60-51(69)33-50(59(75)76)79-35-45(40(9)65)61-34-43(66)15-2/h16,18-19,23-24,36-39,42,44-46,49-50,54-56,61H,14-15,17,20-22,25-35H2,1-13H3,(H,60,69)(H,73,74)(H,75,76)/t38-,39-,42+,44-,45?,46-,49+,50?,54-,55?,56+/m0/s1/i2T. The van der Waals surface area contributed by atoms with E-state index >= 15 is 0 Å². The van der Waals surface area contributed by atoms with Gasteiger partial charge < -0.3 is 39.7 Å². The third-order valence-electron chi connectivity index (χ3n) is 15.6. The first-order valence-corrected chi connectivity index (χ1v) is 29.2. The van der Waals surface area contributed by atoms with Gasteiger partial charge in [-0.2, -0.15) is 0 Å². The average molecular weight is 1130 g/mol. The summed E-state index contributed by atoms with van der Waals surface area (Å²) in [6.07, 6.45) is 1.65. The van der Waals surface area contributed by atoms with Crippen LogP contribution in [0.25, 0.3) is 0 Å². The van der Waals surface area contributed by atoms with E-state index in [1.54, 1.807) is 30.8 Å². The SMILES string of the molecule is [3H]CCC(=O)CNC(CSC(CC(=O)NCCCCCC(=O)N(C)[C@H](C(=O)C[C@H](C(=O)N(C)C([C@@H](C)CC)[C@@H](CC(=O)N1CCC[C@H]1[C@H](OC)[C@@H](C)C(=O)C[C@@H](Cc1ccccc1)C(=O)O)OC)C(C)C)C(C)C)C(=O)O)C(C)=O. The number of benzene rings is 1. The second-order valence-electron chi connectivity index (χ2n) is 22.1. The summed E-state index contributed by atoms with van der Waals surface area (Å²) in [5, 5.41) is 24.2. The zero-order valence-electron chi connectivity index (χ0n) is 50.2. The van der Waals surface area contributed by atoms with Gasteiger partial charge in [0, 0.05) is 92.5 Å². The molecule has 0 aliphatic carbocycles. The van der Waals surface area contributed by atoms with Crippen LogP contribution in [-0.4, -0.2) is 179 Å². The van der Waals surface area contributed by atoms with Crippen LogP contribution < -0.4 is 10.6 Å². The maximum absolute atomic E-state index is 14.7. The summed E-state index contributed by atoms with van der Waals surface area (Å²) in [6, 6.07) is 6.53. The highest BCUT2D eigenvalue weighted by atomic mass is 32.2. The van der Waals surface area contributed by atoms with Gasteiger partial charge in [0.1, 0.15) is 22.6 Å². The van der Waals surface area contributed by atoms with E-state index in [0.29, 0.717) is 45.1 Å². The maximum Gasteiger partial charge on any atom is 0.317 e. The largest absolute Gasteiger partial charge is 0.481 e. The summed E-state index contributed by atoms with van der Waals surface area (Å²) in [5.41, 5.74) is 0.815. The predicted octanol–water partition coefficient (Wildman–Crippen LogP) is 6.30. The summed E-state index contributed by atoms with van der Waals surface area (Å²) >= 11 is 0.926. The summed E-state index contributed by atoms with van der Waals surface area (Å²) < 4.78 is 19.2. The molecule has 1 aliphatic heterocycles. The molecule has 4 N–H and O–H groups in total. The molecule has 1 heterocycles. The van der Waals surface area contributed by atoms with E-state index in [9.17, 15) is 58.2 Å². The number of carbonyl (C=O) groups excluding carboxylic acids is 8. The van der Waals surface area contributed by atoms with Crippen LogP contribution in [0.4, 0.5) is 0 Å². The van der Waals surface area contributed by atoms with E-state index in [4.69, 9.17) is 10.8 Å². The monoisotopic (exact) mass is 1130 g/mol. The molecule has 0 saturated carbocycles. The number of nitrogens with zero attached hydrogens (tertiary/aromatic N) is 3. The molecule has 0 aromatic heterocycles. The lowest BCUT2D eigenvalue weighted by molar-refractivity contribution is -0.150. The van der Waals surface area contributed by atoms with Crippen LogP contribution in [0.3, 0.4) is 0 Å². The molecule has 3 unspecified atom stereocenters.